The smallest absolute Gasteiger partial charge is 0.252 e. The molecule has 2 N–H and O–H groups in total. The van der Waals surface area contributed by atoms with Crippen molar-refractivity contribution in [2.75, 3.05) is 5.32 Å². The molecule has 25 heavy (non-hydrogen) atoms. The largest absolute Gasteiger partial charge is 0.347 e. The molecule has 0 aliphatic heterocycles. The Morgan fingerprint density at radius 1 is 1.16 bits per heavy atom. The molecule has 0 spiro atoms. The molecule has 0 radical (unpaired) electrons. The molecule has 2 rings (SSSR count). The van der Waals surface area contributed by atoms with E-state index in [2.05, 4.69) is 15.6 Å². The molecule has 0 saturated heterocycles. The fourth-order valence-corrected chi connectivity index (χ4v) is 2.43. The fraction of sp³-hybridized carbons (Fsp3) is 0.316. The van der Waals surface area contributed by atoms with Gasteiger partial charge in [-0.15, -0.1) is 0 Å². The molecule has 0 fully saturated rings. The van der Waals surface area contributed by atoms with E-state index in [0.29, 0.717) is 16.4 Å². The summed E-state index contributed by atoms with van der Waals surface area (Å²) in [7, 11) is 0. The van der Waals surface area contributed by atoms with E-state index in [9.17, 15) is 9.59 Å². The van der Waals surface area contributed by atoms with Gasteiger partial charge < -0.3 is 10.6 Å². The van der Waals surface area contributed by atoms with Gasteiger partial charge in [-0.3, -0.25) is 9.59 Å². The number of halogens is 1. The summed E-state index contributed by atoms with van der Waals surface area (Å²) in [5.41, 5.74) is 2.33. The summed E-state index contributed by atoms with van der Waals surface area (Å²) in [6.07, 6.45) is 1.75. The zero-order valence-corrected chi connectivity index (χ0v) is 15.6. The van der Waals surface area contributed by atoms with Crippen LogP contribution in [0.4, 0.5) is 5.69 Å². The summed E-state index contributed by atoms with van der Waals surface area (Å²) in [5, 5.41) is 6.17. The van der Waals surface area contributed by atoms with E-state index >= 15 is 0 Å². The predicted molar refractivity (Wildman–Crippen MR) is 100.0 cm³/mol. The molecule has 0 bridgehead atoms. The van der Waals surface area contributed by atoms with E-state index in [-0.39, 0.29) is 23.8 Å². The number of nitrogens with zero attached hydrogens (tertiary/aromatic N) is 1. The second kappa shape index (κ2) is 7.66. The van der Waals surface area contributed by atoms with Crippen LogP contribution in [-0.2, 0) is 11.2 Å². The van der Waals surface area contributed by atoms with Crippen molar-refractivity contribution < 1.29 is 9.59 Å². The zero-order valence-electron chi connectivity index (χ0n) is 14.8. The van der Waals surface area contributed by atoms with Crippen LogP contribution in [0.3, 0.4) is 0 Å². The first-order valence-corrected chi connectivity index (χ1v) is 8.36. The standard InChI is InChI=1S/C19H22ClN3O2/c1-12-14(18(25)23-19(2,3)4)6-5-7-15(12)22-17(24)10-13-8-9-16(20)21-11-13/h5-9,11H,10H2,1-4H3,(H,22,24)(H,23,25). The highest BCUT2D eigenvalue weighted by Crippen LogP contribution is 2.20. The van der Waals surface area contributed by atoms with E-state index in [0.717, 1.165) is 11.1 Å². The van der Waals surface area contributed by atoms with Crippen molar-refractivity contribution in [3.8, 4) is 0 Å². The molecule has 1 heterocycles. The summed E-state index contributed by atoms with van der Waals surface area (Å²) in [6, 6.07) is 8.68. The summed E-state index contributed by atoms with van der Waals surface area (Å²) in [6.45, 7) is 7.58. The van der Waals surface area contributed by atoms with E-state index in [4.69, 9.17) is 11.6 Å². The van der Waals surface area contributed by atoms with Gasteiger partial charge in [0.05, 0.1) is 6.42 Å². The minimum Gasteiger partial charge on any atom is -0.347 e. The normalized spacial score (nSPS) is 11.1. The van der Waals surface area contributed by atoms with Crippen molar-refractivity contribution in [2.45, 2.75) is 39.7 Å². The molecule has 132 valence electrons. The SMILES string of the molecule is Cc1c(NC(=O)Cc2ccc(Cl)nc2)cccc1C(=O)NC(C)(C)C. The molecule has 0 unspecified atom stereocenters. The topological polar surface area (TPSA) is 71.1 Å². The molecule has 1 aromatic heterocycles. The number of pyridine rings is 1. The first-order chi connectivity index (χ1) is 11.7. The number of benzene rings is 1. The van der Waals surface area contributed by atoms with Gasteiger partial charge in [-0.05, 0) is 57.0 Å². The minimum absolute atomic E-state index is 0.164. The average Bonchev–Trinajstić information content (AvgIpc) is 2.50. The number of hydrogen-bond donors (Lipinski definition) is 2. The summed E-state index contributed by atoms with van der Waals surface area (Å²) in [4.78, 5) is 28.6. The van der Waals surface area contributed by atoms with Gasteiger partial charge in [0.1, 0.15) is 5.15 Å². The number of nitrogens with one attached hydrogen (secondary N) is 2. The summed E-state index contributed by atoms with van der Waals surface area (Å²) >= 11 is 5.74. The number of hydrogen-bond acceptors (Lipinski definition) is 3. The highest BCUT2D eigenvalue weighted by atomic mass is 35.5. The Balaban J connectivity index is 2.12. The number of anilines is 1. The Hall–Kier alpha value is -2.40. The lowest BCUT2D eigenvalue weighted by atomic mass is 10.0. The third-order valence-corrected chi connectivity index (χ3v) is 3.72. The highest BCUT2D eigenvalue weighted by molar-refractivity contribution is 6.29. The number of rotatable bonds is 4. The molecule has 2 amide bonds. The first-order valence-electron chi connectivity index (χ1n) is 7.98. The Morgan fingerprint density at radius 3 is 2.48 bits per heavy atom. The van der Waals surface area contributed by atoms with E-state index in [1.165, 1.54) is 0 Å². The molecule has 0 saturated carbocycles. The predicted octanol–water partition coefficient (Wildman–Crippen LogP) is 3.75. The van der Waals surface area contributed by atoms with Gasteiger partial charge >= 0.3 is 0 Å². The van der Waals surface area contributed by atoms with Crippen LogP contribution in [0.5, 0.6) is 0 Å². The number of aromatic nitrogens is 1. The molecule has 2 aromatic rings. The van der Waals surface area contributed by atoms with Crippen LogP contribution in [0.25, 0.3) is 0 Å². The Labute approximate surface area is 152 Å². The fourth-order valence-electron chi connectivity index (χ4n) is 2.32. The maximum atomic E-state index is 12.4. The van der Waals surface area contributed by atoms with Crippen molar-refractivity contribution in [1.29, 1.82) is 0 Å². The van der Waals surface area contributed by atoms with Crippen LogP contribution in [0.1, 0.15) is 42.3 Å². The van der Waals surface area contributed by atoms with Gasteiger partial charge in [0.2, 0.25) is 5.91 Å². The first kappa shape index (κ1) is 18.9. The molecule has 5 nitrogen and oxygen atoms in total. The molecule has 0 atom stereocenters. The van der Waals surface area contributed by atoms with Crippen molar-refractivity contribution in [1.82, 2.24) is 10.3 Å². The van der Waals surface area contributed by atoms with Crippen LogP contribution < -0.4 is 10.6 Å². The van der Waals surface area contributed by atoms with E-state index in [1.807, 2.05) is 27.7 Å². The lowest BCUT2D eigenvalue weighted by Gasteiger charge is -2.21. The Morgan fingerprint density at radius 2 is 1.88 bits per heavy atom. The number of amides is 2. The van der Waals surface area contributed by atoms with Crippen LogP contribution in [0.2, 0.25) is 5.15 Å². The van der Waals surface area contributed by atoms with Crippen molar-refractivity contribution in [3.05, 3.63) is 58.4 Å². The van der Waals surface area contributed by atoms with Crippen molar-refractivity contribution >= 4 is 29.1 Å². The van der Waals surface area contributed by atoms with Crippen LogP contribution in [0.15, 0.2) is 36.5 Å². The average molecular weight is 360 g/mol. The number of carbonyl (C=O) groups excluding carboxylic acids is 2. The van der Waals surface area contributed by atoms with Gasteiger partial charge in [0.15, 0.2) is 0 Å². The maximum Gasteiger partial charge on any atom is 0.252 e. The Kier molecular flexibility index (Phi) is 5.80. The lowest BCUT2D eigenvalue weighted by Crippen LogP contribution is -2.40. The van der Waals surface area contributed by atoms with Crippen LogP contribution in [-0.4, -0.2) is 22.3 Å². The quantitative estimate of drug-likeness (QED) is 0.816. The molecular formula is C19H22ClN3O2. The lowest BCUT2D eigenvalue weighted by molar-refractivity contribution is -0.115. The monoisotopic (exact) mass is 359 g/mol. The van der Waals surface area contributed by atoms with Crippen LogP contribution in [0, 0.1) is 6.92 Å². The molecule has 0 aliphatic rings. The minimum atomic E-state index is -0.329. The molecule has 6 heteroatoms. The van der Waals surface area contributed by atoms with Gasteiger partial charge in [-0.1, -0.05) is 23.7 Å². The second-order valence-electron chi connectivity index (χ2n) is 6.90. The summed E-state index contributed by atoms with van der Waals surface area (Å²) in [5.74, 6) is -0.344. The van der Waals surface area contributed by atoms with Crippen molar-refractivity contribution in [3.63, 3.8) is 0 Å². The molecule has 0 aliphatic carbocycles. The van der Waals surface area contributed by atoms with Gasteiger partial charge in [0.25, 0.3) is 5.91 Å². The highest BCUT2D eigenvalue weighted by Gasteiger charge is 2.18. The van der Waals surface area contributed by atoms with E-state index < -0.39 is 0 Å². The third-order valence-electron chi connectivity index (χ3n) is 3.49. The van der Waals surface area contributed by atoms with Crippen molar-refractivity contribution in [2.24, 2.45) is 0 Å². The molecule has 1 aromatic carbocycles. The number of carbonyl (C=O) groups is 2. The van der Waals surface area contributed by atoms with Crippen LogP contribution >= 0.6 is 11.6 Å². The van der Waals surface area contributed by atoms with Gasteiger partial charge in [-0.25, -0.2) is 4.98 Å². The molecular weight excluding hydrogens is 338 g/mol. The second-order valence-corrected chi connectivity index (χ2v) is 7.28. The van der Waals surface area contributed by atoms with Gasteiger partial charge in [-0.2, -0.15) is 0 Å². The zero-order chi connectivity index (χ0) is 18.6. The Bertz CT molecular complexity index is 780. The van der Waals surface area contributed by atoms with Gasteiger partial charge in [0, 0.05) is 23.0 Å². The van der Waals surface area contributed by atoms with E-state index in [1.54, 1.807) is 36.5 Å². The maximum absolute atomic E-state index is 12.4. The summed E-state index contributed by atoms with van der Waals surface area (Å²) < 4.78 is 0. The third kappa shape index (κ3) is 5.57.